The molecule has 21 heavy (non-hydrogen) atoms. The molecule has 0 saturated heterocycles. The molecule has 0 bridgehead atoms. The van der Waals surface area contributed by atoms with Crippen LogP contribution >= 0.6 is 27.3 Å². The monoisotopic (exact) mass is 363 g/mol. The van der Waals surface area contributed by atoms with Gasteiger partial charge in [0.1, 0.15) is 5.52 Å². The predicted octanol–water partition coefficient (Wildman–Crippen LogP) is 4.58. The van der Waals surface area contributed by atoms with E-state index in [1.165, 1.54) is 10.9 Å². The highest BCUT2D eigenvalue weighted by molar-refractivity contribution is 9.11. The summed E-state index contributed by atoms with van der Waals surface area (Å²) in [6.45, 7) is 0.653. The second kappa shape index (κ2) is 5.79. The van der Waals surface area contributed by atoms with E-state index in [0.717, 1.165) is 9.47 Å². The smallest absolute Gasteiger partial charge is 0.278 e. The second-order valence-corrected chi connectivity index (χ2v) is 6.90. The van der Waals surface area contributed by atoms with Crippen molar-refractivity contribution in [2.75, 3.05) is 5.32 Å². The first-order valence-corrected chi connectivity index (χ1v) is 7.76. The number of pyridine rings is 1. The lowest BCUT2D eigenvalue weighted by Crippen LogP contribution is -2.00. The van der Waals surface area contributed by atoms with Crippen molar-refractivity contribution in [1.29, 1.82) is 0 Å². The van der Waals surface area contributed by atoms with Crippen LogP contribution in [0.25, 0.3) is 10.9 Å². The van der Waals surface area contributed by atoms with Crippen molar-refractivity contribution in [3.05, 3.63) is 61.4 Å². The zero-order valence-corrected chi connectivity index (χ0v) is 13.1. The van der Waals surface area contributed by atoms with Crippen molar-refractivity contribution in [3.63, 3.8) is 0 Å². The molecule has 3 aromatic rings. The molecule has 0 aliphatic carbocycles. The van der Waals surface area contributed by atoms with Crippen LogP contribution in [0.1, 0.15) is 4.88 Å². The number of thiophene rings is 1. The molecule has 0 fully saturated rings. The number of benzene rings is 1. The average Bonchev–Trinajstić information content (AvgIpc) is 2.90. The fourth-order valence-electron chi connectivity index (χ4n) is 2.09. The number of aromatic nitrogens is 1. The van der Waals surface area contributed by atoms with Crippen LogP contribution in [0, 0.1) is 10.1 Å². The zero-order chi connectivity index (χ0) is 14.8. The summed E-state index contributed by atoms with van der Waals surface area (Å²) in [5.41, 5.74) is 1.48. The van der Waals surface area contributed by atoms with Gasteiger partial charge in [0.15, 0.2) is 0 Å². The number of halogens is 1. The molecule has 0 amide bonds. The molecule has 0 radical (unpaired) electrons. The van der Waals surface area contributed by atoms with Gasteiger partial charge in [0.05, 0.1) is 19.8 Å². The van der Waals surface area contributed by atoms with Crippen molar-refractivity contribution in [3.8, 4) is 0 Å². The Morgan fingerprint density at radius 3 is 2.86 bits per heavy atom. The maximum Gasteiger partial charge on any atom is 0.278 e. The summed E-state index contributed by atoms with van der Waals surface area (Å²) in [7, 11) is 0. The molecule has 2 heterocycles. The highest BCUT2D eigenvalue weighted by Crippen LogP contribution is 2.30. The van der Waals surface area contributed by atoms with Crippen LogP contribution in [-0.4, -0.2) is 9.91 Å². The molecule has 2 aromatic heterocycles. The highest BCUT2D eigenvalue weighted by Gasteiger charge is 2.14. The normalized spacial score (nSPS) is 10.7. The number of nitro benzene ring substituents is 1. The maximum absolute atomic E-state index is 11.1. The first-order chi connectivity index (χ1) is 10.1. The lowest BCUT2D eigenvalue weighted by Gasteiger charge is -2.08. The van der Waals surface area contributed by atoms with Gasteiger partial charge in [0.2, 0.25) is 0 Å². The number of fused-ring (bicyclic) bond motifs is 1. The van der Waals surface area contributed by atoms with E-state index < -0.39 is 0 Å². The van der Waals surface area contributed by atoms with Crippen molar-refractivity contribution < 1.29 is 4.92 Å². The number of nitrogens with zero attached hydrogens (tertiary/aromatic N) is 2. The summed E-state index contributed by atoms with van der Waals surface area (Å²) in [6, 6.07) is 10.7. The van der Waals surface area contributed by atoms with Gasteiger partial charge in [-0.2, -0.15) is 0 Å². The SMILES string of the molecule is O=[N+]([O-])c1ccc(NCc2ccc(Br)s2)c2ncccc12. The van der Waals surface area contributed by atoms with Crippen LogP contribution in [0.2, 0.25) is 0 Å². The molecule has 5 nitrogen and oxygen atoms in total. The Morgan fingerprint density at radius 1 is 1.29 bits per heavy atom. The zero-order valence-electron chi connectivity index (χ0n) is 10.7. The summed E-state index contributed by atoms with van der Waals surface area (Å²) < 4.78 is 1.07. The summed E-state index contributed by atoms with van der Waals surface area (Å²) in [4.78, 5) is 16.1. The van der Waals surface area contributed by atoms with Gasteiger partial charge >= 0.3 is 0 Å². The van der Waals surface area contributed by atoms with Gasteiger partial charge in [-0.15, -0.1) is 11.3 Å². The lowest BCUT2D eigenvalue weighted by molar-refractivity contribution is -0.383. The molecule has 0 aliphatic heterocycles. The van der Waals surface area contributed by atoms with E-state index in [9.17, 15) is 10.1 Å². The van der Waals surface area contributed by atoms with Crippen LogP contribution in [0.3, 0.4) is 0 Å². The number of rotatable bonds is 4. The van der Waals surface area contributed by atoms with Crippen LogP contribution in [0.15, 0.2) is 46.4 Å². The molecule has 1 N–H and O–H groups in total. The van der Waals surface area contributed by atoms with Gasteiger partial charge in [0, 0.05) is 23.7 Å². The molecule has 0 aliphatic rings. The van der Waals surface area contributed by atoms with E-state index in [0.29, 0.717) is 17.4 Å². The van der Waals surface area contributed by atoms with Crippen molar-refractivity contribution in [2.24, 2.45) is 0 Å². The highest BCUT2D eigenvalue weighted by atomic mass is 79.9. The van der Waals surface area contributed by atoms with E-state index in [-0.39, 0.29) is 10.6 Å². The molecule has 106 valence electrons. The van der Waals surface area contributed by atoms with Crippen molar-refractivity contribution in [1.82, 2.24) is 4.98 Å². The Balaban J connectivity index is 1.96. The summed E-state index contributed by atoms with van der Waals surface area (Å²) in [5.74, 6) is 0. The van der Waals surface area contributed by atoms with Crippen molar-refractivity contribution in [2.45, 2.75) is 6.54 Å². The summed E-state index contributed by atoms with van der Waals surface area (Å²) in [5, 5.41) is 14.9. The number of hydrogen-bond acceptors (Lipinski definition) is 5. The number of nitro groups is 1. The molecule has 1 aromatic carbocycles. The fourth-order valence-corrected chi connectivity index (χ4v) is 3.51. The summed E-state index contributed by atoms with van der Waals surface area (Å²) in [6.07, 6.45) is 1.64. The summed E-state index contributed by atoms with van der Waals surface area (Å²) >= 11 is 5.07. The van der Waals surface area contributed by atoms with E-state index >= 15 is 0 Å². The molecule has 0 spiro atoms. The van der Waals surface area contributed by atoms with E-state index in [2.05, 4.69) is 26.2 Å². The maximum atomic E-state index is 11.1. The number of non-ortho nitro benzene ring substituents is 1. The Kier molecular flexibility index (Phi) is 3.85. The third-order valence-electron chi connectivity index (χ3n) is 3.03. The number of anilines is 1. The largest absolute Gasteiger partial charge is 0.378 e. The Bertz CT molecular complexity index is 819. The van der Waals surface area contributed by atoms with E-state index in [4.69, 9.17) is 0 Å². The fraction of sp³-hybridized carbons (Fsp3) is 0.0714. The second-order valence-electron chi connectivity index (χ2n) is 4.35. The minimum atomic E-state index is -0.385. The first-order valence-electron chi connectivity index (χ1n) is 6.15. The third kappa shape index (κ3) is 2.88. The van der Waals surface area contributed by atoms with Gasteiger partial charge in [-0.05, 0) is 46.3 Å². The van der Waals surface area contributed by atoms with Crippen molar-refractivity contribution >= 4 is 49.5 Å². The lowest BCUT2D eigenvalue weighted by atomic mass is 10.1. The number of nitrogens with one attached hydrogen (secondary N) is 1. The Hall–Kier alpha value is -1.99. The van der Waals surface area contributed by atoms with E-state index in [1.54, 1.807) is 35.7 Å². The molecular formula is C14H10BrN3O2S. The van der Waals surface area contributed by atoms with Gasteiger partial charge in [0.25, 0.3) is 5.69 Å². The van der Waals surface area contributed by atoms with Gasteiger partial charge in [-0.3, -0.25) is 15.1 Å². The van der Waals surface area contributed by atoms with E-state index in [1.807, 2.05) is 12.1 Å². The standard InChI is InChI=1S/C14H10BrN3O2S/c15-13-6-3-9(21-13)8-17-11-4-5-12(18(19)20)10-2-1-7-16-14(10)11/h1-7,17H,8H2. The average molecular weight is 364 g/mol. The quantitative estimate of drug-likeness (QED) is 0.544. The van der Waals surface area contributed by atoms with Gasteiger partial charge in [-0.25, -0.2) is 0 Å². The Morgan fingerprint density at radius 2 is 2.14 bits per heavy atom. The van der Waals surface area contributed by atoms with Crippen LogP contribution in [0.4, 0.5) is 11.4 Å². The molecular weight excluding hydrogens is 354 g/mol. The molecule has 0 saturated carbocycles. The van der Waals surface area contributed by atoms with Crippen LogP contribution in [-0.2, 0) is 6.54 Å². The third-order valence-corrected chi connectivity index (χ3v) is 4.65. The predicted molar refractivity (Wildman–Crippen MR) is 87.7 cm³/mol. The first kappa shape index (κ1) is 14.0. The molecule has 7 heteroatoms. The minimum absolute atomic E-state index is 0.0718. The van der Waals surface area contributed by atoms with Gasteiger partial charge in [-0.1, -0.05) is 0 Å². The number of hydrogen-bond donors (Lipinski definition) is 1. The molecule has 0 unspecified atom stereocenters. The topological polar surface area (TPSA) is 68.1 Å². The van der Waals surface area contributed by atoms with Crippen LogP contribution in [0.5, 0.6) is 0 Å². The van der Waals surface area contributed by atoms with Crippen LogP contribution < -0.4 is 5.32 Å². The minimum Gasteiger partial charge on any atom is -0.378 e. The molecule has 0 atom stereocenters. The molecule has 3 rings (SSSR count). The van der Waals surface area contributed by atoms with Gasteiger partial charge < -0.3 is 5.32 Å². The Labute approximate surface area is 132 Å².